The number of halogens is 6. The van der Waals surface area contributed by atoms with E-state index in [1.807, 2.05) is 0 Å². The zero-order valence-corrected chi connectivity index (χ0v) is 30.3. The van der Waals surface area contributed by atoms with Crippen molar-refractivity contribution in [2.45, 2.75) is 99.0 Å². The van der Waals surface area contributed by atoms with Crippen LogP contribution in [0.15, 0.2) is 0 Å². The summed E-state index contributed by atoms with van der Waals surface area (Å²) in [5.74, 6) is -0.809. The van der Waals surface area contributed by atoms with Gasteiger partial charge in [-0.15, -0.1) is 0 Å². The van der Waals surface area contributed by atoms with Gasteiger partial charge < -0.3 is 20.1 Å². The van der Waals surface area contributed by atoms with Crippen LogP contribution in [-0.4, -0.2) is 104 Å². The summed E-state index contributed by atoms with van der Waals surface area (Å²) < 4.78 is 190. The minimum absolute atomic E-state index is 0.0173. The Morgan fingerprint density at radius 3 is 1.60 bits per heavy atom. The fraction of sp³-hybridized carbons (Fsp3) is 1.00. The average Bonchev–Trinajstić information content (AvgIpc) is 2.94. The van der Waals surface area contributed by atoms with Gasteiger partial charge in [0.2, 0.25) is 0 Å². The highest BCUT2D eigenvalue weighted by Crippen LogP contribution is 2.72. The molecule has 8 bridgehead atoms. The van der Waals surface area contributed by atoms with Gasteiger partial charge in [-0.25, -0.2) is 16.8 Å². The summed E-state index contributed by atoms with van der Waals surface area (Å²) in [4.78, 5) is 0. The molecule has 8 aliphatic carbocycles. The molecule has 0 radical (unpaired) electrons. The van der Waals surface area contributed by atoms with Crippen LogP contribution in [0.5, 0.6) is 0 Å². The third kappa shape index (κ3) is 7.25. The fourth-order valence-corrected chi connectivity index (χ4v) is 15.6. The molecule has 0 aliphatic heterocycles. The predicted molar refractivity (Wildman–Crippen MR) is 160 cm³/mol. The summed E-state index contributed by atoms with van der Waals surface area (Å²) in [6.07, 6.45) is 0.836. The molecule has 26 heteroatoms. The molecule has 16 nitrogen and oxygen atoms in total. The maximum absolute atomic E-state index is 12.9. The summed E-state index contributed by atoms with van der Waals surface area (Å²) in [5.41, 5.74) is -19.0. The SMILES string of the molecule is O=S(=O)(NS(=O)(=O)C(F)(F)F)OCC12CC3CC(O)(C1)CC(OC1C4CC5(CO)CC(COS(=O)(=O)NS(=O)(=O)C(F)(F)F)(C4)CC1(CO)C5)(C3)C2. The normalized spacial score (nSPS) is 41.9. The molecule has 52 heavy (non-hydrogen) atoms. The van der Waals surface area contributed by atoms with Gasteiger partial charge in [-0.05, 0) is 86.9 Å². The Morgan fingerprint density at radius 2 is 1.12 bits per heavy atom. The lowest BCUT2D eigenvalue weighted by Gasteiger charge is -2.71. The van der Waals surface area contributed by atoms with E-state index in [9.17, 15) is 75.3 Å². The Labute approximate surface area is 295 Å². The molecule has 0 heterocycles. The molecule has 0 aromatic carbocycles. The Kier molecular flexibility index (Phi) is 9.42. The van der Waals surface area contributed by atoms with E-state index in [-0.39, 0.29) is 63.7 Å². The van der Waals surface area contributed by atoms with Gasteiger partial charge in [0, 0.05) is 23.9 Å². The lowest BCUT2D eigenvalue weighted by molar-refractivity contribution is -0.324. The first-order valence-electron chi connectivity index (χ1n) is 16.0. The second-order valence-corrected chi connectivity index (χ2v) is 22.9. The Hall–Kier alpha value is -0.940. The molecule has 302 valence electrons. The fourth-order valence-electron chi connectivity index (χ4n) is 11.5. The number of hydrogen-bond acceptors (Lipinski definition) is 14. The van der Waals surface area contributed by atoms with Crippen LogP contribution >= 0.6 is 0 Å². The van der Waals surface area contributed by atoms with Gasteiger partial charge in [-0.3, -0.25) is 8.37 Å². The van der Waals surface area contributed by atoms with Gasteiger partial charge in [0.25, 0.3) is 0 Å². The zero-order chi connectivity index (χ0) is 38.9. The maximum Gasteiger partial charge on any atom is 0.512 e. The van der Waals surface area contributed by atoms with Gasteiger partial charge in [0.15, 0.2) is 0 Å². The molecule has 9 unspecified atom stereocenters. The second-order valence-electron chi connectivity index (χ2n) is 16.3. The standard InChI is InChI=1S/C26H38F6N2O14S4/c27-25(28,29)49(38,39)33-51(42,43)46-14-20-1-16-2-23(37,9-20)11-24(3-16,10-20)48-18-17-4-19(12-35)6-21(5-17,8-22(18,7-19)13-36)15-47-52(44,45)34-50(40,41)26(30,31)32/h16-18,33-37H,1-15H2. The quantitative estimate of drug-likeness (QED) is 0.152. The molecule has 0 aromatic heterocycles. The van der Waals surface area contributed by atoms with Crippen molar-refractivity contribution < 1.29 is 88.4 Å². The average molecular weight is 845 g/mol. The van der Waals surface area contributed by atoms with E-state index in [2.05, 4.69) is 0 Å². The van der Waals surface area contributed by atoms with E-state index in [4.69, 9.17) is 13.1 Å². The number of rotatable bonds is 14. The molecule has 5 N–H and O–H groups in total. The monoisotopic (exact) mass is 844 g/mol. The van der Waals surface area contributed by atoms with E-state index >= 15 is 0 Å². The molecule has 8 fully saturated rings. The number of aliphatic hydroxyl groups is 3. The number of ether oxygens (including phenoxy) is 1. The van der Waals surface area contributed by atoms with Crippen LogP contribution < -0.4 is 8.25 Å². The molecule has 0 amide bonds. The first-order valence-corrected chi connectivity index (χ1v) is 21.8. The second kappa shape index (κ2) is 12.0. The predicted octanol–water partition coefficient (Wildman–Crippen LogP) is 0.778. The highest BCUT2D eigenvalue weighted by Gasteiger charge is 2.71. The van der Waals surface area contributed by atoms with Crippen molar-refractivity contribution >= 4 is 40.7 Å². The van der Waals surface area contributed by atoms with Crippen LogP contribution in [-0.2, 0) is 53.8 Å². The van der Waals surface area contributed by atoms with Crippen LogP contribution in [0.25, 0.3) is 0 Å². The highest BCUT2D eigenvalue weighted by atomic mass is 32.3. The smallest absolute Gasteiger partial charge is 0.396 e. The van der Waals surface area contributed by atoms with E-state index in [1.165, 1.54) is 0 Å². The van der Waals surface area contributed by atoms with Crippen LogP contribution in [0.2, 0.25) is 0 Å². The molecule has 0 aromatic rings. The number of hydrogen-bond donors (Lipinski definition) is 5. The molecule has 8 saturated carbocycles. The minimum Gasteiger partial charge on any atom is -0.396 e. The molecule has 0 saturated heterocycles. The van der Waals surface area contributed by atoms with Crippen LogP contribution in [0.1, 0.15) is 70.6 Å². The van der Waals surface area contributed by atoms with Crippen molar-refractivity contribution in [1.82, 2.24) is 8.25 Å². The summed E-state index contributed by atoms with van der Waals surface area (Å²) in [6.45, 7) is -2.57. The first-order chi connectivity index (χ1) is 23.4. The molecule has 0 spiro atoms. The van der Waals surface area contributed by atoms with E-state index in [1.54, 1.807) is 0 Å². The van der Waals surface area contributed by atoms with Crippen molar-refractivity contribution in [1.29, 1.82) is 0 Å². The lowest BCUT2D eigenvalue weighted by atomic mass is 9.38. The topological polar surface area (TPSA) is 249 Å². The number of nitrogens with one attached hydrogen (secondary N) is 2. The molecule has 9 atom stereocenters. The molecule has 8 rings (SSSR count). The highest BCUT2D eigenvalue weighted by molar-refractivity contribution is 8.03. The molecular weight excluding hydrogens is 807 g/mol. The molecule has 8 aliphatic rings. The number of sulfonamides is 2. The zero-order valence-electron chi connectivity index (χ0n) is 27.1. The van der Waals surface area contributed by atoms with Gasteiger partial charge in [-0.1, -0.05) is 8.25 Å². The Balaban J connectivity index is 1.23. The summed E-state index contributed by atoms with van der Waals surface area (Å²) >= 11 is 0. The maximum atomic E-state index is 12.9. The van der Waals surface area contributed by atoms with Crippen LogP contribution in [0.4, 0.5) is 26.3 Å². The largest absolute Gasteiger partial charge is 0.512 e. The van der Waals surface area contributed by atoms with E-state index in [0.29, 0.717) is 21.1 Å². The van der Waals surface area contributed by atoms with E-state index < -0.39 is 123 Å². The van der Waals surface area contributed by atoms with Crippen molar-refractivity contribution in [3.63, 3.8) is 0 Å². The Morgan fingerprint density at radius 1 is 0.615 bits per heavy atom. The van der Waals surface area contributed by atoms with Crippen molar-refractivity contribution in [3.8, 4) is 0 Å². The minimum atomic E-state index is -6.34. The number of alkyl halides is 6. The number of aliphatic hydroxyl groups excluding tert-OH is 2. The summed E-state index contributed by atoms with van der Waals surface area (Å²) in [6, 6.07) is 0. The van der Waals surface area contributed by atoms with Gasteiger partial charge in [0.05, 0.1) is 37.1 Å². The van der Waals surface area contributed by atoms with Gasteiger partial charge >= 0.3 is 51.7 Å². The van der Waals surface area contributed by atoms with E-state index in [0.717, 1.165) is 0 Å². The van der Waals surface area contributed by atoms with Gasteiger partial charge in [0.1, 0.15) is 0 Å². The molecular formula is C26H38F6N2O14S4. The third-order valence-electron chi connectivity index (χ3n) is 11.8. The first kappa shape index (κ1) is 40.7. The van der Waals surface area contributed by atoms with Crippen molar-refractivity contribution in [2.75, 3.05) is 26.4 Å². The summed E-state index contributed by atoms with van der Waals surface area (Å²) in [7, 11) is -23.7. The third-order valence-corrected chi connectivity index (χ3v) is 17.3. The van der Waals surface area contributed by atoms with Crippen molar-refractivity contribution in [2.24, 2.45) is 33.5 Å². The summed E-state index contributed by atoms with van der Waals surface area (Å²) in [5, 5.41) is 33.1. The van der Waals surface area contributed by atoms with Crippen LogP contribution in [0.3, 0.4) is 0 Å². The van der Waals surface area contributed by atoms with Crippen molar-refractivity contribution in [3.05, 3.63) is 0 Å². The Bertz CT molecular complexity index is 1920. The van der Waals surface area contributed by atoms with Gasteiger partial charge in [-0.2, -0.15) is 43.2 Å². The van der Waals surface area contributed by atoms with Crippen LogP contribution in [0, 0.1) is 33.5 Å². The lowest BCUT2D eigenvalue weighted by Crippen LogP contribution is -2.71.